The number of likely N-dealkylation sites (tertiary alicyclic amines) is 1. The fraction of sp³-hybridized carbons (Fsp3) is 0.429. The van der Waals surface area contributed by atoms with Gasteiger partial charge in [0.15, 0.2) is 11.5 Å². The minimum atomic E-state index is -0.00629. The summed E-state index contributed by atoms with van der Waals surface area (Å²) in [4.78, 5) is 30.2. The maximum Gasteiger partial charge on any atom is 0.274 e. The molecule has 2 aromatic heterocycles. The minimum absolute atomic E-state index is 0.00629. The Morgan fingerprint density at radius 2 is 1.79 bits per heavy atom. The van der Waals surface area contributed by atoms with Crippen LogP contribution in [-0.4, -0.2) is 51.9 Å². The van der Waals surface area contributed by atoms with Crippen molar-refractivity contribution in [1.82, 2.24) is 19.9 Å². The molecular formula is C21H23N5O2. The first kappa shape index (κ1) is 17.2. The minimum Gasteiger partial charge on any atom is -0.440 e. The van der Waals surface area contributed by atoms with Gasteiger partial charge in [0.1, 0.15) is 17.0 Å². The van der Waals surface area contributed by atoms with Gasteiger partial charge in [-0.3, -0.25) is 9.78 Å². The molecule has 7 nitrogen and oxygen atoms in total. The molecule has 2 fully saturated rings. The predicted octanol–water partition coefficient (Wildman–Crippen LogP) is 3.24. The molecule has 0 spiro atoms. The second kappa shape index (κ2) is 7.22. The third-order valence-electron chi connectivity index (χ3n) is 5.71. The summed E-state index contributed by atoms with van der Waals surface area (Å²) in [7, 11) is 0. The summed E-state index contributed by atoms with van der Waals surface area (Å²) in [5, 5.41) is 0. The van der Waals surface area contributed by atoms with Crippen molar-refractivity contribution in [1.29, 1.82) is 0 Å². The van der Waals surface area contributed by atoms with Crippen LogP contribution in [0.5, 0.6) is 0 Å². The van der Waals surface area contributed by atoms with Gasteiger partial charge < -0.3 is 14.2 Å². The number of para-hydroxylation sites is 2. The molecule has 2 aliphatic heterocycles. The van der Waals surface area contributed by atoms with E-state index in [-0.39, 0.29) is 5.91 Å². The Balaban J connectivity index is 1.27. The monoisotopic (exact) mass is 377 g/mol. The van der Waals surface area contributed by atoms with Crippen molar-refractivity contribution in [3.8, 4) is 0 Å². The first-order valence-corrected chi connectivity index (χ1v) is 10.00. The first-order chi connectivity index (χ1) is 13.8. The zero-order valence-corrected chi connectivity index (χ0v) is 15.8. The van der Waals surface area contributed by atoms with E-state index in [1.54, 1.807) is 12.4 Å². The van der Waals surface area contributed by atoms with Gasteiger partial charge >= 0.3 is 0 Å². The molecule has 1 aromatic carbocycles. The van der Waals surface area contributed by atoms with Gasteiger partial charge in [-0.1, -0.05) is 12.1 Å². The summed E-state index contributed by atoms with van der Waals surface area (Å²) in [6, 6.07) is 7.89. The molecule has 0 radical (unpaired) electrons. The van der Waals surface area contributed by atoms with E-state index in [2.05, 4.69) is 19.9 Å². The number of anilines is 1. The number of carbonyl (C=O) groups is 1. The third-order valence-corrected chi connectivity index (χ3v) is 5.71. The van der Waals surface area contributed by atoms with Crippen molar-refractivity contribution in [3.05, 3.63) is 48.2 Å². The molecule has 144 valence electrons. The summed E-state index contributed by atoms with van der Waals surface area (Å²) < 4.78 is 5.95. The fourth-order valence-corrected chi connectivity index (χ4v) is 4.11. The van der Waals surface area contributed by atoms with E-state index in [0.29, 0.717) is 11.6 Å². The van der Waals surface area contributed by atoms with E-state index in [0.717, 1.165) is 74.7 Å². The number of nitrogens with zero attached hydrogens (tertiary/aromatic N) is 5. The summed E-state index contributed by atoms with van der Waals surface area (Å²) >= 11 is 0. The molecule has 0 atom stereocenters. The molecule has 5 rings (SSSR count). The van der Waals surface area contributed by atoms with Gasteiger partial charge in [-0.2, -0.15) is 0 Å². The van der Waals surface area contributed by atoms with Gasteiger partial charge in [0, 0.05) is 32.1 Å². The first-order valence-electron chi connectivity index (χ1n) is 10.00. The van der Waals surface area contributed by atoms with E-state index in [1.807, 2.05) is 29.2 Å². The van der Waals surface area contributed by atoms with Crippen molar-refractivity contribution in [3.63, 3.8) is 0 Å². The number of hydrogen-bond acceptors (Lipinski definition) is 6. The summed E-state index contributed by atoms with van der Waals surface area (Å²) in [6.45, 7) is 3.33. The Morgan fingerprint density at radius 1 is 1.00 bits per heavy atom. The predicted molar refractivity (Wildman–Crippen MR) is 105 cm³/mol. The number of fused-ring (bicyclic) bond motifs is 1. The van der Waals surface area contributed by atoms with Crippen LogP contribution in [0.4, 0.5) is 5.82 Å². The van der Waals surface area contributed by atoms with Crippen LogP contribution in [0.1, 0.15) is 48.0 Å². The lowest BCUT2D eigenvalue weighted by Crippen LogP contribution is -2.34. The fourth-order valence-electron chi connectivity index (χ4n) is 4.11. The van der Waals surface area contributed by atoms with E-state index in [1.165, 1.54) is 0 Å². The molecule has 2 aliphatic rings. The highest BCUT2D eigenvalue weighted by Crippen LogP contribution is 2.31. The van der Waals surface area contributed by atoms with Crippen LogP contribution < -0.4 is 4.90 Å². The number of rotatable bonds is 3. The van der Waals surface area contributed by atoms with Gasteiger partial charge in [-0.05, 0) is 37.8 Å². The number of amides is 1. The maximum absolute atomic E-state index is 12.6. The van der Waals surface area contributed by atoms with Crippen LogP contribution in [0, 0.1) is 0 Å². The molecule has 0 saturated carbocycles. The topological polar surface area (TPSA) is 75.4 Å². The second-order valence-corrected chi connectivity index (χ2v) is 7.54. The van der Waals surface area contributed by atoms with Gasteiger partial charge in [0.2, 0.25) is 0 Å². The number of aromatic nitrogens is 3. The third kappa shape index (κ3) is 3.21. The molecule has 0 N–H and O–H groups in total. The second-order valence-electron chi connectivity index (χ2n) is 7.54. The molecular weight excluding hydrogens is 354 g/mol. The molecule has 1 amide bonds. The van der Waals surface area contributed by atoms with Gasteiger partial charge in [-0.15, -0.1) is 0 Å². The normalized spacial score (nSPS) is 18.1. The molecule has 0 aliphatic carbocycles. The highest BCUT2D eigenvalue weighted by Gasteiger charge is 2.27. The molecule has 0 bridgehead atoms. The highest BCUT2D eigenvalue weighted by molar-refractivity contribution is 5.92. The van der Waals surface area contributed by atoms with Crippen molar-refractivity contribution in [2.75, 3.05) is 31.1 Å². The van der Waals surface area contributed by atoms with Crippen LogP contribution in [0.15, 0.2) is 41.1 Å². The SMILES string of the molecule is O=C(c1cncc(N2CCC(c3nc4ccccc4o3)CC2)n1)N1CCCC1. The largest absolute Gasteiger partial charge is 0.440 e. The Morgan fingerprint density at radius 3 is 2.57 bits per heavy atom. The zero-order valence-electron chi connectivity index (χ0n) is 15.8. The van der Waals surface area contributed by atoms with Crippen molar-refractivity contribution >= 4 is 22.8 Å². The van der Waals surface area contributed by atoms with Gasteiger partial charge in [-0.25, -0.2) is 9.97 Å². The van der Waals surface area contributed by atoms with Crippen LogP contribution in [0.3, 0.4) is 0 Å². The molecule has 3 aromatic rings. The van der Waals surface area contributed by atoms with Crippen molar-refractivity contribution in [2.45, 2.75) is 31.6 Å². The maximum atomic E-state index is 12.6. The summed E-state index contributed by atoms with van der Waals surface area (Å²) in [5.41, 5.74) is 2.21. The van der Waals surface area contributed by atoms with Crippen LogP contribution in [0.2, 0.25) is 0 Å². The standard InChI is InChI=1S/C21H23N5O2/c27-21(26-9-3-4-10-26)17-13-22-14-19(23-17)25-11-7-15(8-12-25)20-24-16-5-1-2-6-18(16)28-20/h1-2,5-6,13-15H,3-4,7-12H2. The number of oxazole rings is 1. The van der Waals surface area contributed by atoms with Crippen LogP contribution in [0.25, 0.3) is 11.1 Å². The molecule has 4 heterocycles. The number of carbonyl (C=O) groups excluding carboxylic acids is 1. The van der Waals surface area contributed by atoms with Crippen molar-refractivity contribution in [2.24, 2.45) is 0 Å². The Labute approximate surface area is 163 Å². The number of piperidine rings is 1. The van der Waals surface area contributed by atoms with Crippen LogP contribution >= 0.6 is 0 Å². The average molecular weight is 377 g/mol. The Bertz CT molecular complexity index is 954. The Hall–Kier alpha value is -2.96. The van der Waals surface area contributed by atoms with E-state index < -0.39 is 0 Å². The smallest absolute Gasteiger partial charge is 0.274 e. The van der Waals surface area contributed by atoms with E-state index in [4.69, 9.17) is 4.42 Å². The highest BCUT2D eigenvalue weighted by atomic mass is 16.3. The van der Waals surface area contributed by atoms with E-state index >= 15 is 0 Å². The molecule has 2 saturated heterocycles. The number of benzene rings is 1. The van der Waals surface area contributed by atoms with E-state index in [9.17, 15) is 4.79 Å². The van der Waals surface area contributed by atoms with Gasteiger partial charge in [0.25, 0.3) is 5.91 Å². The molecule has 7 heteroatoms. The quantitative estimate of drug-likeness (QED) is 0.697. The number of hydrogen-bond donors (Lipinski definition) is 0. The average Bonchev–Trinajstić information content (AvgIpc) is 3.43. The Kier molecular flexibility index (Phi) is 4.43. The lowest BCUT2D eigenvalue weighted by atomic mass is 9.97. The van der Waals surface area contributed by atoms with Crippen LogP contribution in [-0.2, 0) is 0 Å². The van der Waals surface area contributed by atoms with Crippen molar-refractivity contribution < 1.29 is 9.21 Å². The summed E-state index contributed by atoms with van der Waals surface area (Å²) in [6.07, 6.45) is 7.36. The molecule has 28 heavy (non-hydrogen) atoms. The molecule has 0 unspecified atom stereocenters. The lowest BCUT2D eigenvalue weighted by Gasteiger charge is -2.31. The zero-order chi connectivity index (χ0) is 18.9. The lowest BCUT2D eigenvalue weighted by molar-refractivity contribution is 0.0786. The van der Waals surface area contributed by atoms with Gasteiger partial charge in [0.05, 0.1) is 12.4 Å². The summed E-state index contributed by atoms with van der Waals surface area (Å²) in [5.74, 6) is 1.91.